The van der Waals surface area contributed by atoms with Gasteiger partial charge in [-0.25, -0.2) is 4.79 Å². The summed E-state index contributed by atoms with van der Waals surface area (Å²) in [7, 11) is 0. The van der Waals surface area contributed by atoms with E-state index in [2.05, 4.69) is 25.7 Å². The Bertz CT molecular complexity index is 266. The molecule has 0 aliphatic heterocycles. The van der Waals surface area contributed by atoms with Crippen LogP contribution in [-0.2, 0) is 9.53 Å². The largest absolute Gasteiger partial charge is 0.462 e. The van der Waals surface area contributed by atoms with E-state index in [1.807, 2.05) is 0 Å². The van der Waals surface area contributed by atoms with Crippen LogP contribution in [0.5, 0.6) is 0 Å². The maximum atomic E-state index is 11.1. The number of allylic oxidation sites excluding steroid dienone is 2. The number of esters is 1. The van der Waals surface area contributed by atoms with Gasteiger partial charge in [0.1, 0.15) is 0 Å². The normalized spacial score (nSPS) is 10.8. The van der Waals surface area contributed by atoms with Crippen LogP contribution in [0.2, 0.25) is 0 Å². The molecule has 2 heteroatoms. The zero-order chi connectivity index (χ0) is 14.3. The highest BCUT2D eigenvalue weighted by Gasteiger charge is 2.01. The second kappa shape index (κ2) is 13.4. The lowest BCUT2D eigenvalue weighted by Crippen LogP contribution is -2.05. The first-order chi connectivity index (χ1) is 9.18. The minimum absolute atomic E-state index is 0.263. The number of carbonyl (C=O) groups excluding carboxylic acids is 1. The fourth-order valence-corrected chi connectivity index (χ4v) is 1.88. The average Bonchev–Trinajstić information content (AvgIpc) is 2.39. The monoisotopic (exact) mass is 266 g/mol. The van der Waals surface area contributed by atoms with Gasteiger partial charge in [0, 0.05) is 5.57 Å². The van der Waals surface area contributed by atoms with Crippen LogP contribution in [-0.4, -0.2) is 12.6 Å². The average molecular weight is 266 g/mol. The molecule has 0 amide bonds. The molecule has 0 saturated heterocycles. The minimum Gasteiger partial charge on any atom is -0.462 e. The zero-order valence-electron chi connectivity index (χ0n) is 12.7. The van der Waals surface area contributed by atoms with Crippen molar-refractivity contribution in [3.05, 3.63) is 24.3 Å². The van der Waals surface area contributed by atoms with Crippen LogP contribution in [0.15, 0.2) is 24.3 Å². The Kier molecular flexibility index (Phi) is 12.6. The Hall–Kier alpha value is -1.05. The van der Waals surface area contributed by atoms with E-state index in [1.54, 1.807) is 6.92 Å². The van der Waals surface area contributed by atoms with Gasteiger partial charge in [-0.3, -0.25) is 0 Å². The maximum absolute atomic E-state index is 11.1. The molecular formula is C17H30O2. The van der Waals surface area contributed by atoms with E-state index in [0.29, 0.717) is 12.2 Å². The number of rotatable bonds is 12. The van der Waals surface area contributed by atoms with Gasteiger partial charge in [0.25, 0.3) is 0 Å². The summed E-state index contributed by atoms with van der Waals surface area (Å²) in [6.07, 6.45) is 15.6. The first kappa shape index (κ1) is 17.9. The van der Waals surface area contributed by atoms with Crippen LogP contribution < -0.4 is 0 Å². The van der Waals surface area contributed by atoms with Crippen molar-refractivity contribution in [1.29, 1.82) is 0 Å². The quantitative estimate of drug-likeness (QED) is 0.210. The molecule has 0 atom stereocenters. The number of hydrogen-bond acceptors (Lipinski definition) is 2. The second-order valence-corrected chi connectivity index (χ2v) is 5.10. The number of hydrogen-bond donors (Lipinski definition) is 0. The van der Waals surface area contributed by atoms with Crippen molar-refractivity contribution in [3.63, 3.8) is 0 Å². The molecule has 0 N–H and O–H groups in total. The first-order valence-electron chi connectivity index (χ1n) is 7.62. The molecule has 0 saturated carbocycles. The SMILES string of the molecule is C=C(C)C(=O)OCCCCCCCCCC/C=C/C. The van der Waals surface area contributed by atoms with Crippen LogP contribution in [0, 0.1) is 0 Å². The Morgan fingerprint density at radius 2 is 1.53 bits per heavy atom. The molecule has 0 fully saturated rings. The summed E-state index contributed by atoms with van der Waals surface area (Å²) in [6.45, 7) is 7.84. The summed E-state index contributed by atoms with van der Waals surface area (Å²) in [5.74, 6) is -0.263. The summed E-state index contributed by atoms with van der Waals surface area (Å²) in [4.78, 5) is 11.1. The Labute approximate surface area is 118 Å². The molecule has 0 aliphatic rings. The molecule has 0 bridgehead atoms. The lowest BCUT2D eigenvalue weighted by molar-refractivity contribution is -0.139. The third kappa shape index (κ3) is 13.2. The van der Waals surface area contributed by atoms with E-state index in [4.69, 9.17) is 4.74 Å². The van der Waals surface area contributed by atoms with Crippen LogP contribution in [0.25, 0.3) is 0 Å². The van der Waals surface area contributed by atoms with Gasteiger partial charge in [0.15, 0.2) is 0 Å². The van der Waals surface area contributed by atoms with Crippen molar-refractivity contribution in [3.8, 4) is 0 Å². The van der Waals surface area contributed by atoms with Gasteiger partial charge < -0.3 is 4.74 Å². The summed E-state index contributed by atoms with van der Waals surface area (Å²) in [5, 5.41) is 0. The molecule has 110 valence electrons. The third-order valence-corrected chi connectivity index (χ3v) is 3.08. The molecule has 0 rings (SSSR count). The number of carbonyl (C=O) groups is 1. The van der Waals surface area contributed by atoms with Crippen molar-refractivity contribution in [2.45, 2.75) is 71.6 Å². The topological polar surface area (TPSA) is 26.3 Å². The van der Waals surface area contributed by atoms with Crippen LogP contribution in [0.4, 0.5) is 0 Å². The van der Waals surface area contributed by atoms with Gasteiger partial charge >= 0.3 is 5.97 Å². The summed E-state index contributed by atoms with van der Waals surface area (Å²) >= 11 is 0. The zero-order valence-corrected chi connectivity index (χ0v) is 12.7. The summed E-state index contributed by atoms with van der Waals surface area (Å²) in [5.41, 5.74) is 0.484. The predicted octanol–water partition coefficient (Wildman–Crippen LogP) is 5.19. The van der Waals surface area contributed by atoms with E-state index in [1.165, 1.54) is 44.9 Å². The van der Waals surface area contributed by atoms with Crippen molar-refractivity contribution < 1.29 is 9.53 Å². The van der Waals surface area contributed by atoms with Crippen molar-refractivity contribution in [2.75, 3.05) is 6.61 Å². The van der Waals surface area contributed by atoms with Crippen molar-refractivity contribution >= 4 is 5.97 Å². The Morgan fingerprint density at radius 1 is 1.00 bits per heavy atom. The van der Waals surface area contributed by atoms with Crippen LogP contribution >= 0.6 is 0 Å². The van der Waals surface area contributed by atoms with Gasteiger partial charge in [-0.1, -0.05) is 57.3 Å². The Balaban J connectivity index is 3.11. The lowest BCUT2D eigenvalue weighted by atomic mass is 10.1. The van der Waals surface area contributed by atoms with Gasteiger partial charge in [-0.2, -0.15) is 0 Å². The summed E-state index contributed by atoms with van der Waals surface area (Å²) < 4.78 is 5.04. The second-order valence-electron chi connectivity index (χ2n) is 5.10. The highest BCUT2D eigenvalue weighted by molar-refractivity contribution is 5.86. The highest BCUT2D eigenvalue weighted by Crippen LogP contribution is 2.10. The van der Waals surface area contributed by atoms with E-state index < -0.39 is 0 Å². The molecule has 0 unspecified atom stereocenters. The molecule has 0 aromatic carbocycles. The van der Waals surface area contributed by atoms with E-state index in [-0.39, 0.29) is 5.97 Å². The molecule has 0 heterocycles. The fraction of sp³-hybridized carbons (Fsp3) is 0.706. The number of unbranched alkanes of at least 4 members (excludes halogenated alkanes) is 8. The molecule has 0 aromatic heterocycles. The number of ether oxygens (including phenoxy) is 1. The van der Waals surface area contributed by atoms with Crippen molar-refractivity contribution in [2.24, 2.45) is 0 Å². The predicted molar refractivity (Wildman–Crippen MR) is 82.1 cm³/mol. The van der Waals surface area contributed by atoms with Crippen LogP contribution in [0.1, 0.15) is 71.6 Å². The summed E-state index contributed by atoms with van der Waals surface area (Å²) in [6, 6.07) is 0. The highest BCUT2D eigenvalue weighted by atomic mass is 16.5. The smallest absolute Gasteiger partial charge is 0.333 e. The fourth-order valence-electron chi connectivity index (χ4n) is 1.88. The van der Waals surface area contributed by atoms with Crippen molar-refractivity contribution in [1.82, 2.24) is 0 Å². The first-order valence-corrected chi connectivity index (χ1v) is 7.62. The Morgan fingerprint density at radius 3 is 2.05 bits per heavy atom. The van der Waals surface area contributed by atoms with Gasteiger partial charge in [0.05, 0.1) is 6.61 Å². The van der Waals surface area contributed by atoms with E-state index in [0.717, 1.165) is 12.8 Å². The van der Waals surface area contributed by atoms with Crippen LogP contribution in [0.3, 0.4) is 0 Å². The standard InChI is InChI=1S/C17H30O2/c1-4-5-6-7-8-9-10-11-12-13-14-15-19-17(18)16(2)3/h4-5H,2,6-15H2,1,3H3/b5-4+. The molecule has 2 nitrogen and oxygen atoms in total. The van der Waals surface area contributed by atoms with Gasteiger partial charge in [-0.15, -0.1) is 0 Å². The van der Waals surface area contributed by atoms with Gasteiger partial charge in [0.2, 0.25) is 0 Å². The van der Waals surface area contributed by atoms with E-state index >= 15 is 0 Å². The van der Waals surface area contributed by atoms with E-state index in [9.17, 15) is 4.79 Å². The third-order valence-electron chi connectivity index (χ3n) is 3.08. The van der Waals surface area contributed by atoms with Gasteiger partial charge in [-0.05, 0) is 33.1 Å². The molecule has 0 radical (unpaired) electrons. The minimum atomic E-state index is -0.263. The molecule has 0 spiro atoms. The molecule has 19 heavy (non-hydrogen) atoms. The molecular weight excluding hydrogens is 236 g/mol. The maximum Gasteiger partial charge on any atom is 0.333 e. The molecule has 0 aromatic rings. The molecule has 0 aliphatic carbocycles. The lowest BCUT2D eigenvalue weighted by Gasteiger charge is -2.04.